The maximum atomic E-state index is 12.6. The molecule has 28 heavy (non-hydrogen) atoms. The molecule has 5 nitrogen and oxygen atoms in total. The number of rotatable bonds is 4. The molecule has 1 N–H and O–H groups in total. The van der Waals surface area contributed by atoms with Crippen LogP contribution in [0.2, 0.25) is 0 Å². The van der Waals surface area contributed by atoms with E-state index in [0.717, 1.165) is 55.1 Å². The lowest BCUT2D eigenvalue weighted by molar-refractivity contribution is -0.137. The van der Waals surface area contributed by atoms with E-state index >= 15 is 0 Å². The molecular weight excluding hydrogens is 395 g/mol. The fraction of sp³-hybridized carbons (Fsp3) is 0.368. The summed E-state index contributed by atoms with van der Waals surface area (Å²) in [6, 6.07) is 8.88. The molecule has 1 saturated heterocycles. The molecule has 150 valence electrons. The molecule has 0 saturated carbocycles. The second kappa shape index (κ2) is 6.97. The highest BCUT2D eigenvalue weighted by Crippen LogP contribution is 2.43. The predicted octanol–water partition coefficient (Wildman–Crippen LogP) is 3.45. The van der Waals surface area contributed by atoms with Gasteiger partial charge >= 0.3 is 16.3 Å². The van der Waals surface area contributed by atoms with Gasteiger partial charge in [0.15, 0.2) is 0 Å². The third kappa shape index (κ3) is 3.95. The zero-order valence-electron chi connectivity index (χ0n) is 14.7. The van der Waals surface area contributed by atoms with Crippen LogP contribution in [0.5, 0.6) is 11.5 Å². The first kappa shape index (κ1) is 19.1. The van der Waals surface area contributed by atoms with Crippen molar-refractivity contribution in [2.75, 3.05) is 13.1 Å². The van der Waals surface area contributed by atoms with E-state index in [4.69, 9.17) is 8.92 Å². The monoisotopic (exact) mass is 413 g/mol. The first-order valence-corrected chi connectivity index (χ1v) is 10.4. The quantitative estimate of drug-likeness (QED) is 0.778. The van der Waals surface area contributed by atoms with E-state index < -0.39 is 27.6 Å². The molecule has 2 aliphatic rings. The minimum absolute atomic E-state index is 0.0303. The molecule has 0 aromatic heterocycles. The van der Waals surface area contributed by atoms with Crippen molar-refractivity contribution in [2.45, 2.75) is 30.4 Å². The average Bonchev–Trinajstić information content (AvgIpc) is 2.99. The van der Waals surface area contributed by atoms with Crippen LogP contribution in [0.3, 0.4) is 0 Å². The Hall–Kier alpha value is -2.26. The van der Waals surface area contributed by atoms with Crippen LogP contribution < -0.4 is 14.2 Å². The summed E-state index contributed by atoms with van der Waals surface area (Å²) in [5.74, 6) is 0.575. The number of benzene rings is 2. The summed E-state index contributed by atoms with van der Waals surface area (Å²) in [6.07, 6.45) is -3.55. The SMILES string of the molecule is O=S(=O)(Cc1ccc(C(F)(F)F)cc1)Oc1ccc2c(c1)C1CCNCC1O2. The normalized spacial score (nSPS) is 21.5. The van der Waals surface area contributed by atoms with E-state index in [-0.39, 0.29) is 23.3 Å². The molecule has 2 unspecified atom stereocenters. The van der Waals surface area contributed by atoms with Crippen molar-refractivity contribution in [3.05, 3.63) is 59.2 Å². The smallest absolute Gasteiger partial charge is 0.416 e. The van der Waals surface area contributed by atoms with Gasteiger partial charge in [-0.1, -0.05) is 12.1 Å². The fourth-order valence-corrected chi connectivity index (χ4v) is 4.67. The van der Waals surface area contributed by atoms with Gasteiger partial charge < -0.3 is 14.2 Å². The van der Waals surface area contributed by atoms with Crippen molar-refractivity contribution >= 4 is 10.1 Å². The Morgan fingerprint density at radius 3 is 2.61 bits per heavy atom. The maximum Gasteiger partial charge on any atom is 0.416 e. The highest BCUT2D eigenvalue weighted by molar-refractivity contribution is 7.86. The van der Waals surface area contributed by atoms with Crippen molar-refractivity contribution in [1.29, 1.82) is 0 Å². The third-order valence-corrected chi connectivity index (χ3v) is 6.07. The van der Waals surface area contributed by atoms with E-state index in [2.05, 4.69) is 5.32 Å². The van der Waals surface area contributed by atoms with Gasteiger partial charge in [0.1, 0.15) is 23.4 Å². The van der Waals surface area contributed by atoms with Crippen LogP contribution in [-0.2, 0) is 22.0 Å². The van der Waals surface area contributed by atoms with Gasteiger partial charge in [0.05, 0.1) is 5.56 Å². The minimum Gasteiger partial charge on any atom is -0.488 e. The van der Waals surface area contributed by atoms with Crippen LogP contribution in [0.4, 0.5) is 13.2 Å². The number of hydrogen-bond donors (Lipinski definition) is 1. The van der Waals surface area contributed by atoms with Crippen LogP contribution in [-0.4, -0.2) is 27.6 Å². The van der Waals surface area contributed by atoms with Gasteiger partial charge in [-0.3, -0.25) is 0 Å². The van der Waals surface area contributed by atoms with Crippen LogP contribution in [0, 0.1) is 0 Å². The second-order valence-electron chi connectivity index (χ2n) is 6.94. The summed E-state index contributed by atoms with van der Waals surface area (Å²) >= 11 is 0. The van der Waals surface area contributed by atoms with E-state index in [9.17, 15) is 21.6 Å². The number of halogens is 3. The van der Waals surface area contributed by atoms with Gasteiger partial charge in [-0.15, -0.1) is 0 Å². The van der Waals surface area contributed by atoms with Crippen molar-refractivity contribution in [2.24, 2.45) is 0 Å². The van der Waals surface area contributed by atoms with E-state index in [1.807, 2.05) is 0 Å². The maximum absolute atomic E-state index is 12.6. The molecule has 9 heteroatoms. The van der Waals surface area contributed by atoms with Crippen LogP contribution in [0.25, 0.3) is 0 Å². The molecule has 0 bridgehead atoms. The lowest BCUT2D eigenvalue weighted by Crippen LogP contribution is -2.39. The zero-order chi connectivity index (χ0) is 19.9. The van der Waals surface area contributed by atoms with E-state index in [0.29, 0.717) is 0 Å². The Balaban J connectivity index is 1.48. The number of ether oxygens (including phenoxy) is 1. The van der Waals surface area contributed by atoms with E-state index in [1.165, 1.54) is 6.07 Å². The van der Waals surface area contributed by atoms with Crippen LogP contribution in [0.1, 0.15) is 29.0 Å². The lowest BCUT2D eigenvalue weighted by Gasteiger charge is -2.24. The molecule has 2 aromatic carbocycles. The summed E-state index contributed by atoms with van der Waals surface area (Å²) in [5.41, 5.74) is 0.314. The van der Waals surface area contributed by atoms with Gasteiger partial charge in [0, 0.05) is 18.0 Å². The molecule has 2 atom stereocenters. The number of alkyl halides is 3. The zero-order valence-corrected chi connectivity index (χ0v) is 15.5. The minimum atomic E-state index is -4.47. The Bertz CT molecular complexity index is 974. The highest BCUT2D eigenvalue weighted by Gasteiger charge is 2.36. The first-order chi connectivity index (χ1) is 13.2. The largest absolute Gasteiger partial charge is 0.488 e. The highest BCUT2D eigenvalue weighted by atomic mass is 32.2. The molecule has 0 amide bonds. The van der Waals surface area contributed by atoms with Gasteiger partial charge in [-0.25, -0.2) is 0 Å². The Morgan fingerprint density at radius 1 is 1.14 bits per heavy atom. The fourth-order valence-electron chi connectivity index (χ4n) is 3.62. The number of nitrogens with one attached hydrogen (secondary N) is 1. The van der Waals surface area contributed by atoms with Crippen molar-refractivity contribution < 1.29 is 30.5 Å². The Labute approximate surface area is 160 Å². The van der Waals surface area contributed by atoms with E-state index in [1.54, 1.807) is 12.1 Å². The second-order valence-corrected chi connectivity index (χ2v) is 8.51. The molecule has 2 aliphatic heterocycles. The summed E-state index contributed by atoms with van der Waals surface area (Å²) in [7, 11) is -4.02. The number of piperidine rings is 1. The number of fused-ring (bicyclic) bond motifs is 3. The predicted molar refractivity (Wildman–Crippen MR) is 95.8 cm³/mol. The van der Waals surface area contributed by atoms with Crippen molar-refractivity contribution in [1.82, 2.24) is 5.32 Å². The molecule has 0 radical (unpaired) electrons. The summed E-state index contributed by atoms with van der Waals surface area (Å²) in [4.78, 5) is 0. The molecule has 2 aromatic rings. The Kier molecular flexibility index (Phi) is 4.75. The number of hydrogen-bond acceptors (Lipinski definition) is 5. The first-order valence-electron chi connectivity index (χ1n) is 8.81. The van der Waals surface area contributed by atoms with Gasteiger partial charge in [-0.2, -0.15) is 21.6 Å². The van der Waals surface area contributed by atoms with Gasteiger partial charge in [0.25, 0.3) is 0 Å². The summed E-state index contributed by atoms with van der Waals surface area (Å²) < 4.78 is 73.6. The standard InChI is InChI=1S/C19H18F3NO4S/c20-19(21,22)13-3-1-12(2-4-13)11-28(24,25)27-14-5-6-17-16(9-14)15-7-8-23-10-18(15)26-17/h1-6,9,15,18,23H,7-8,10-11H2. The van der Waals surface area contributed by atoms with Gasteiger partial charge in [-0.05, 0) is 48.9 Å². The van der Waals surface area contributed by atoms with Crippen molar-refractivity contribution in [3.8, 4) is 11.5 Å². The molecule has 1 fully saturated rings. The third-order valence-electron chi connectivity index (χ3n) is 4.93. The van der Waals surface area contributed by atoms with Gasteiger partial charge in [0.2, 0.25) is 0 Å². The average molecular weight is 413 g/mol. The van der Waals surface area contributed by atoms with Crippen molar-refractivity contribution in [3.63, 3.8) is 0 Å². The molecular formula is C19H18F3NO4S. The molecule has 2 heterocycles. The lowest BCUT2D eigenvalue weighted by atomic mass is 9.90. The molecule has 0 aliphatic carbocycles. The summed E-state index contributed by atoms with van der Waals surface area (Å²) in [5, 5.41) is 3.26. The Morgan fingerprint density at radius 2 is 1.89 bits per heavy atom. The topological polar surface area (TPSA) is 64.6 Å². The van der Waals surface area contributed by atoms with Crippen LogP contribution in [0.15, 0.2) is 42.5 Å². The summed E-state index contributed by atoms with van der Waals surface area (Å²) in [6.45, 7) is 1.60. The molecule has 0 spiro atoms. The molecule has 4 rings (SSSR count). The van der Waals surface area contributed by atoms with Crippen LogP contribution >= 0.6 is 0 Å².